The summed E-state index contributed by atoms with van der Waals surface area (Å²) in [6.07, 6.45) is 0.957. The minimum absolute atomic E-state index is 0.908. The van der Waals surface area contributed by atoms with E-state index in [2.05, 4.69) is 388 Å². The van der Waals surface area contributed by atoms with Crippen molar-refractivity contribution in [2.24, 2.45) is 0 Å². The molecule has 0 fully saturated rings. The van der Waals surface area contributed by atoms with E-state index in [1.807, 2.05) is 6.07 Å². The van der Waals surface area contributed by atoms with Crippen molar-refractivity contribution < 1.29 is 4.42 Å². The van der Waals surface area contributed by atoms with Crippen LogP contribution >= 0.6 is 0 Å². The van der Waals surface area contributed by atoms with Crippen molar-refractivity contribution in [3.63, 3.8) is 0 Å². The Morgan fingerprint density at radius 2 is 0.594 bits per heavy atom. The van der Waals surface area contributed by atoms with Crippen LogP contribution in [0, 0.1) is 0 Å². The second kappa shape index (κ2) is 23.8. The molecule has 17 aromatic carbocycles. The van der Waals surface area contributed by atoms with Gasteiger partial charge in [-0.2, -0.15) is 0 Å². The van der Waals surface area contributed by atoms with Gasteiger partial charge in [0.05, 0.1) is 44.1 Å². The van der Waals surface area contributed by atoms with Crippen LogP contribution in [0.5, 0.6) is 0 Å². The van der Waals surface area contributed by atoms with Crippen molar-refractivity contribution in [2.75, 3.05) is 0 Å². The number of hydrogen-bond donors (Lipinski definition) is 0. The van der Waals surface area contributed by atoms with Gasteiger partial charge in [-0.1, -0.05) is 255 Å². The molecule has 0 saturated carbocycles. The third-order valence-corrected chi connectivity index (χ3v) is 22.5. The smallest absolute Gasteiger partial charge is 0.160 e. The molecule has 5 aromatic heterocycles. The first-order chi connectivity index (χ1) is 52.6. The minimum Gasteiger partial charge on any atom is -0.454 e. The quantitative estimate of drug-likeness (QED) is 0.149. The van der Waals surface area contributed by atoms with E-state index in [1.165, 1.54) is 171 Å². The summed E-state index contributed by atoms with van der Waals surface area (Å²) in [6.45, 7) is 0. The lowest BCUT2D eigenvalue weighted by Crippen LogP contribution is -1.96. The Balaban J connectivity index is 0.000000133. The van der Waals surface area contributed by atoms with Gasteiger partial charge in [-0.25, -0.2) is 0 Å². The number of rotatable bonds is 8. The van der Waals surface area contributed by atoms with Crippen molar-refractivity contribution in [3.05, 3.63) is 387 Å². The lowest BCUT2D eigenvalue weighted by atomic mass is 9.97. The van der Waals surface area contributed by atoms with Crippen LogP contribution in [0.25, 0.3) is 198 Å². The standard InChI is InChI=1S/C52H32N2O.C49H32N2/c1-2-12-39(13-3-1)54-49-29-24-38(32-46(49)43-26-27-44-42-15-7-9-17-50(42)55-52(44)51(43)54)35-20-18-34(19-21-35)37-23-28-48-45(31-37)41-14-6-8-16-47(41)53(48)40-25-22-33-10-4-5-11-36(33)30-40;1-3-12-37(13-4-1)50-46-18-10-9-17-41(46)43-29-34(23-27-47(43)50)32-19-21-33(22-20-32)35-24-28-48-44(30-35)42-26-25-40-39-16-8-7-11-36(39)31-45(40)49(42)51(48)38-14-5-2-6-15-38/h1-32H;1-30H,31H2. The Kier molecular flexibility index (Phi) is 13.4. The maximum atomic E-state index is 6.59. The van der Waals surface area contributed by atoms with Gasteiger partial charge in [0.15, 0.2) is 5.58 Å². The lowest BCUT2D eigenvalue weighted by molar-refractivity contribution is 0.671. The number of benzene rings is 17. The topological polar surface area (TPSA) is 32.9 Å². The molecule has 5 heterocycles. The van der Waals surface area contributed by atoms with Crippen molar-refractivity contribution in [1.29, 1.82) is 0 Å². The molecular formula is C101H64N4O. The largest absolute Gasteiger partial charge is 0.454 e. The first-order valence-electron chi connectivity index (χ1n) is 36.6. The highest BCUT2D eigenvalue weighted by Crippen LogP contribution is 2.47. The number of aromatic nitrogens is 4. The molecule has 0 bridgehead atoms. The molecule has 494 valence electrons. The van der Waals surface area contributed by atoms with Crippen molar-refractivity contribution in [2.45, 2.75) is 6.42 Å². The number of nitrogens with zero attached hydrogens (tertiary/aromatic N) is 4. The van der Waals surface area contributed by atoms with Gasteiger partial charge < -0.3 is 22.7 Å². The van der Waals surface area contributed by atoms with Crippen molar-refractivity contribution >= 4 is 120 Å². The van der Waals surface area contributed by atoms with Crippen LogP contribution in [0.2, 0.25) is 0 Å². The van der Waals surface area contributed by atoms with Gasteiger partial charge in [-0.15, -0.1) is 0 Å². The second-order valence-corrected chi connectivity index (χ2v) is 28.3. The third-order valence-electron chi connectivity index (χ3n) is 22.5. The van der Waals surface area contributed by atoms with E-state index in [1.54, 1.807) is 0 Å². The Hall–Kier alpha value is -14.0. The fraction of sp³-hybridized carbons (Fsp3) is 0.00990. The summed E-state index contributed by atoms with van der Waals surface area (Å²) in [5.74, 6) is 0. The highest BCUT2D eigenvalue weighted by molar-refractivity contribution is 6.22. The van der Waals surface area contributed by atoms with Gasteiger partial charge >= 0.3 is 0 Å². The molecule has 0 amide bonds. The summed E-state index contributed by atoms with van der Waals surface area (Å²) in [5, 5.41) is 14.8. The molecule has 0 aliphatic heterocycles. The van der Waals surface area contributed by atoms with Crippen LogP contribution < -0.4 is 0 Å². The summed E-state index contributed by atoms with van der Waals surface area (Å²) in [7, 11) is 0. The number of fused-ring (bicyclic) bond motifs is 21. The molecule has 1 aliphatic rings. The summed E-state index contributed by atoms with van der Waals surface area (Å²) < 4.78 is 16.2. The van der Waals surface area contributed by atoms with E-state index in [4.69, 9.17) is 4.42 Å². The van der Waals surface area contributed by atoms with Gasteiger partial charge in [-0.3, -0.25) is 0 Å². The average molecular weight is 1350 g/mol. The first kappa shape index (κ1) is 59.7. The molecule has 22 aromatic rings. The fourth-order valence-electron chi connectivity index (χ4n) is 17.5. The Labute approximate surface area is 610 Å². The van der Waals surface area contributed by atoms with E-state index in [-0.39, 0.29) is 0 Å². The molecular weight excluding hydrogens is 1290 g/mol. The number of hydrogen-bond acceptors (Lipinski definition) is 1. The number of para-hydroxylation sites is 6. The molecule has 0 N–H and O–H groups in total. The van der Waals surface area contributed by atoms with E-state index >= 15 is 0 Å². The van der Waals surface area contributed by atoms with Crippen molar-refractivity contribution in [3.8, 4) is 78.4 Å². The molecule has 23 rings (SSSR count). The summed E-state index contributed by atoms with van der Waals surface area (Å²) >= 11 is 0. The summed E-state index contributed by atoms with van der Waals surface area (Å²) in [5.41, 5.74) is 31.4. The highest BCUT2D eigenvalue weighted by atomic mass is 16.3. The Morgan fingerprint density at radius 1 is 0.208 bits per heavy atom. The van der Waals surface area contributed by atoms with Crippen LogP contribution in [-0.4, -0.2) is 18.3 Å². The van der Waals surface area contributed by atoms with Gasteiger partial charge in [-0.05, 0) is 199 Å². The van der Waals surface area contributed by atoms with Crippen LogP contribution in [-0.2, 0) is 6.42 Å². The van der Waals surface area contributed by atoms with Crippen LogP contribution in [0.1, 0.15) is 11.1 Å². The van der Waals surface area contributed by atoms with Gasteiger partial charge in [0.1, 0.15) is 5.58 Å². The molecule has 0 spiro atoms. The van der Waals surface area contributed by atoms with E-state index < -0.39 is 0 Å². The maximum absolute atomic E-state index is 6.59. The zero-order valence-corrected chi connectivity index (χ0v) is 57.7. The van der Waals surface area contributed by atoms with Gasteiger partial charge in [0, 0.05) is 83.0 Å². The highest BCUT2D eigenvalue weighted by Gasteiger charge is 2.26. The summed E-state index contributed by atoms with van der Waals surface area (Å²) in [6, 6.07) is 137. The monoisotopic (exact) mass is 1350 g/mol. The average Bonchev–Trinajstić information content (AvgIpc) is 1.56. The van der Waals surface area contributed by atoms with Gasteiger partial charge in [0.25, 0.3) is 0 Å². The zero-order valence-electron chi connectivity index (χ0n) is 57.7. The fourth-order valence-corrected chi connectivity index (χ4v) is 17.5. The predicted octanol–water partition coefficient (Wildman–Crippen LogP) is 27.1. The van der Waals surface area contributed by atoms with E-state index in [9.17, 15) is 0 Å². The molecule has 106 heavy (non-hydrogen) atoms. The normalized spacial score (nSPS) is 12.1. The van der Waals surface area contributed by atoms with Crippen LogP contribution in [0.3, 0.4) is 0 Å². The van der Waals surface area contributed by atoms with Crippen molar-refractivity contribution in [1.82, 2.24) is 18.3 Å². The predicted molar refractivity (Wildman–Crippen MR) is 445 cm³/mol. The third kappa shape index (κ3) is 9.36. The van der Waals surface area contributed by atoms with E-state index in [0.29, 0.717) is 0 Å². The zero-order chi connectivity index (χ0) is 69.5. The maximum Gasteiger partial charge on any atom is 0.160 e. The molecule has 0 radical (unpaired) electrons. The molecule has 1 aliphatic carbocycles. The molecule has 0 atom stereocenters. The second-order valence-electron chi connectivity index (χ2n) is 28.3. The molecule has 5 heteroatoms. The van der Waals surface area contributed by atoms with Crippen LogP contribution in [0.4, 0.5) is 0 Å². The lowest BCUT2D eigenvalue weighted by Gasteiger charge is -2.11. The molecule has 5 nitrogen and oxygen atoms in total. The molecule has 0 saturated heterocycles. The molecule has 0 unspecified atom stereocenters. The Bertz CT molecular complexity index is 7310. The summed E-state index contributed by atoms with van der Waals surface area (Å²) in [4.78, 5) is 0. The van der Waals surface area contributed by atoms with Gasteiger partial charge in [0.2, 0.25) is 0 Å². The SMILES string of the molecule is c1ccc(-n2c3ccc(-c4ccc(-c5ccc6c(c5)c5ccccc5n6-c5ccc6ccccc6c5)cc4)cc3c3ccc4c5ccccc5oc4c32)cc1.c1ccc(-n2c3ccccc3c3cc(-c4ccc(-c5ccc6c(c5)c5ccc7c(c5n6-c5ccccc5)Cc5ccccc5-7)cc4)ccc32)cc1. The first-order valence-corrected chi connectivity index (χ1v) is 36.6. The Morgan fingerprint density at radius 3 is 1.15 bits per heavy atom. The minimum atomic E-state index is 0.908. The van der Waals surface area contributed by atoms with E-state index in [0.717, 1.165) is 45.1 Å². The van der Waals surface area contributed by atoms with Crippen LogP contribution in [0.15, 0.2) is 381 Å². The number of furan rings is 1.